The molecule has 8 nitrogen and oxygen atoms in total. The maximum atomic E-state index is 11.2. The van der Waals surface area contributed by atoms with Crippen molar-refractivity contribution in [2.75, 3.05) is 11.1 Å². The molecule has 0 fully saturated rings. The van der Waals surface area contributed by atoms with Gasteiger partial charge in [0.15, 0.2) is 5.82 Å². The first-order valence-electron chi connectivity index (χ1n) is 5.20. The number of nitrogens with two attached hydrogens (primary N) is 2. The van der Waals surface area contributed by atoms with Crippen LogP contribution in [0.5, 0.6) is 0 Å². The summed E-state index contributed by atoms with van der Waals surface area (Å²) in [5.74, 6) is 0.363. The molecule has 0 spiro atoms. The average molecular weight is 247 g/mol. The summed E-state index contributed by atoms with van der Waals surface area (Å²) in [5.41, 5.74) is 11.4. The summed E-state index contributed by atoms with van der Waals surface area (Å²) in [7, 11) is 1.77. The Hall–Kier alpha value is -2.64. The van der Waals surface area contributed by atoms with Crippen molar-refractivity contribution in [3.63, 3.8) is 0 Å². The van der Waals surface area contributed by atoms with E-state index in [2.05, 4.69) is 20.4 Å². The number of hydrogen-bond donors (Lipinski definition) is 3. The van der Waals surface area contributed by atoms with Gasteiger partial charge in [-0.25, -0.2) is 9.97 Å². The molecule has 0 saturated carbocycles. The van der Waals surface area contributed by atoms with E-state index in [1.54, 1.807) is 18.1 Å². The lowest BCUT2D eigenvalue weighted by atomic mass is 10.2. The summed E-state index contributed by atoms with van der Waals surface area (Å²) >= 11 is 0. The predicted octanol–water partition coefficient (Wildman–Crippen LogP) is -0.497. The van der Waals surface area contributed by atoms with Crippen LogP contribution in [0.4, 0.5) is 11.5 Å². The second-order valence-corrected chi connectivity index (χ2v) is 3.72. The maximum Gasteiger partial charge on any atom is 0.252 e. The van der Waals surface area contributed by atoms with E-state index < -0.39 is 5.91 Å². The Kier molecular flexibility index (Phi) is 3.09. The number of primary amides is 1. The summed E-state index contributed by atoms with van der Waals surface area (Å²) in [4.78, 5) is 19.3. The van der Waals surface area contributed by atoms with E-state index in [-0.39, 0.29) is 5.56 Å². The molecule has 0 bridgehead atoms. The Morgan fingerprint density at radius 3 is 2.89 bits per heavy atom. The molecular formula is C10H13N7O. The van der Waals surface area contributed by atoms with Crippen LogP contribution in [0.1, 0.15) is 16.2 Å². The standard InChI is InChI=1S/C10H13N7O/c1-17-5-15-8(16-17)4-14-10-7(9(12)18)2-6(11)3-13-10/h2-3,5H,4,11H2,1H3,(H2,12,18)(H,13,14). The number of aryl methyl sites for hydroxylation is 1. The van der Waals surface area contributed by atoms with Crippen LogP contribution in [-0.4, -0.2) is 25.7 Å². The van der Waals surface area contributed by atoms with Crippen LogP contribution in [0.15, 0.2) is 18.6 Å². The van der Waals surface area contributed by atoms with Gasteiger partial charge in [-0.05, 0) is 6.07 Å². The van der Waals surface area contributed by atoms with Crippen molar-refractivity contribution in [3.8, 4) is 0 Å². The second kappa shape index (κ2) is 4.70. The monoisotopic (exact) mass is 247 g/mol. The van der Waals surface area contributed by atoms with Crippen LogP contribution < -0.4 is 16.8 Å². The molecule has 8 heteroatoms. The topological polar surface area (TPSA) is 125 Å². The lowest BCUT2D eigenvalue weighted by Gasteiger charge is -2.07. The number of pyridine rings is 1. The lowest BCUT2D eigenvalue weighted by Crippen LogP contribution is -2.16. The minimum absolute atomic E-state index is 0.242. The van der Waals surface area contributed by atoms with E-state index in [4.69, 9.17) is 11.5 Å². The Bertz CT molecular complexity index is 577. The number of hydrogen-bond acceptors (Lipinski definition) is 6. The van der Waals surface area contributed by atoms with Crippen LogP contribution >= 0.6 is 0 Å². The van der Waals surface area contributed by atoms with E-state index in [9.17, 15) is 4.79 Å². The van der Waals surface area contributed by atoms with Crippen molar-refractivity contribution < 1.29 is 4.79 Å². The highest BCUT2D eigenvalue weighted by atomic mass is 16.1. The van der Waals surface area contributed by atoms with Crippen LogP contribution in [-0.2, 0) is 13.6 Å². The highest BCUT2D eigenvalue weighted by molar-refractivity contribution is 5.98. The van der Waals surface area contributed by atoms with Crippen molar-refractivity contribution >= 4 is 17.4 Å². The zero-order chi connectivity index (χ0) is 13.1. The summed E-state index contributed by atoms with van der Waals surface area (Å²) in [6.07, 6.45) is 3.03. The molecular weight excluding hydrogens is 234 g/mol. The molecule has 0 radical (unpaired) electrons. The van der Waals surface area contributed by atoms with Crippen molar-refractivity contribution in [1.29, 1.82) is 0 Å². The molecule has 0 aliphatic carbocycles. The molecule has 0 atom stereocenters. The summed E-state index contributed by atoms with van der Waals surface area (Å²) in [6, 6.07) is 1.48. The van der Waals surface area contributed by atoms with Gasteiger partial charge < -0.3 is 16.8 Å². The third-order valence-electron chi connectivity index (χ3n) is 2.24. The first-order chi connectivity index (χ1) is 8.56. The van der Waals surface area contributed by atoms with Crippen molar-refractivity contribution in [3.05, 3.63) is 30.0 Å². The van der Waals surface area contributed by atoms with Gasteiger partial charge in [-0.15, -0.1) is 0 Å². The largest absolute Gasteiger partial charge is 0.397 e. The quantitative estimate of drug-likeness (QED) is 0.669. The molecule has 0 unspecified atom stereocenters. The second-order valence-electron chi connectivity index (χ2n) is 3.72. The predicted molar refractivity (Wildman–Crippen MR) is 65.5 cm³/mol. The van der Waals surface area contributed by atoms with E-state index in [0.29, 0.717) is 23.9 Å². The number of aromatic nitrogens is 4. The van der Waals surface area contributed by atoms with Crippen molar-refractivity contribution in [1.82, 2.24) is 19.7 Å². The summed E-state index contributed by atoms with van der Waals surface area (Å²) in [5, 5.41) is 7.04. The van der Waals surface area contributed by atoms with Gasteiger partial charge in [0.1, 0.15) is 12.1 Å². The highest BCUT2D eigenvalue weighted by Crippen LogP contribution is 2.15. The molecule has 18 heavy (non-hydrogen) atoms. The zero-order valence-electron chi connectivity index (χ0n) is 9.79. The average Bonchev–Trinajstić information content (AvgIpc) is 2.73. The minimum Gasteiger partial charge on any atom is -0.397 e. The van der Waals surface area contributed by atoms with Crippen LogP contribution in [0, 0.1) is 0 Å². The fourth-order valence-corrected chi connectivity index (χ4v) is 1.44. The van der Waals surface area contributed by atoms with Gasteiger partial charge in [0, 0.05) is 7.05 Å². The maximum absolute atomic E-state index is 11.2. The van der Waals surface area contributed by atoms with Gasteiger partial charge in [0.05, 0.1) is 24.0 Å². The van der Waals surface area contributed by atoms with Crippen LogP contribution in [0.2, 0.25) is 0 Å². The van der Waals surface area contributed by atoms with Gasteiger partial charge in [0.2, 0.25) is 0 Å². The third-order valence-corrected chi connectivity index (χ3v) is 2.24. The van der Waals surface area contributed by atoms with Crippen molar-refractivity contribution in [2.45, 2.75) is 6.54 Å². The molecule has 2 aromatic heterocycles. The normalized spacial score (nSPS) is 10.3. The molecule has 0 aliphatic heterocycles. The summed E-state index contributed by atoms with van der Waals surface area (Å²) in [6.45, 7) is 0.345. The third kappa shape index (κ3) is 2.54. The van der Waals surface area contributed by atoms with E-state index >= 15 is 0 Å². The number of nitrogens with one attached hydrogen (secondary N) is 1. The smallest absolute Gasteiger partial charge is 0.252 e. The number of carbonyl (C=O) groups excluding carboxylic acids is 1. The number of carbonyl (C=O) groups is 1. The molecule has 94 valence electrons. The number of anilines is 2. The fourth-order valence-electron chi connectivity index (χ4n) is 1.44. The molecule has 0 aliphatic rings. The number of rotatable bonds is 4. The van der Waals surface area contributed by atoms with E-state index in [1.807, 2.05) is 0 Å². The van der Waals surface area contributed by atoms with Gasteiger partial charge in [-0.3, -0.25) is 9.48 Å². The van der Waals surface area contributed by atoms with E-state index in [1.165, 1.54) is 12.3 Å². The molecule has 0 saturated heterocycles. The fraction of sp³-hybridized carbons (Fsp3) is 0.200. The van der Waals surface area contributed by atoms with Crippen LogP contribution in [0.3, 0.4) is 0 Å². The Morgan fingerprint density at radius 2 is 2.28 bits per heavy atom. The molecule has 1 amide bonds. The number of amides is 1. The zero-order valence-corrected chi connectivity index (χ0v) is 9.79. The summed E-state index contributed by atoms with van der Waals surface area (Å²) < 4.78 is 1.59. The SMILES string of the molecule is Cn1cnc(CNc2ncc(N)cc2C(N)=O)n1. The van der Waals surface area contributed by atoms with E-state index in [0.717, 1.165) is 0 Å². The minimum atomic E-state index is -0.591. The lowest BCUT2D eigenvalue weighted by molar-refractivity contribution is 0.100. The van der Waals surface area contributed by atoms with Gasteiger partial charge in [0.25, 0.3) is 5.91 Å². The first-order valence-corrected chi connectivity index (χ1v) is 5.20. The molecule has 2 aromatic rings. The molecule has 2 heterocycles. The van der Waals surface area contributed by atoms with Crippen molar-refractivity contribution in [2.24, 2.45) is 12.8 Å². The molecule has 0 aromatic carbocycles. The van der Waals surface area contributed by atoms with Gasteiger partial charge in [-0.2, -0.15) is 5.10 Å². The van der Waals surface area contributed by atoms with Crippen LogP contribution in [0.25, 0.3) is 0 Å². The Labute approximate surface area is 103 Å². The molecule has 5 N–H and O–H groups in total. The Morgan fingerprint density at radius 1 is 1.50 bits per heavy atom. The van der Waals surface area contributed by atoms with Gasteiger partial charge >= 0.3 is 0 Å². The Balaban J connectivity index is 2.16. The number of nitrogen functional groups attached to an aromatic ring is 1. The first kappa shape index (κ1) is 11.8. The number of nitrogens with zero attached hydrogens (tertiary/aromatic N) is 4. The molecule has 2 rings (SSSR count). The van der Waals surface area contributed by atoms with Gasteiger partial charge in [-0.1, -0.05) is 0 Å². The highest BCUT2D eigenvalue weighted by Gasteiger charge is 2.10.